The minimum absolute atomic E-state index is 0.131. The zero-order valence-corrected chi connectivity index (χ0v) is 7.40. The maximum atomic E-state index is 11.3. The number of carbonyl (C=O) groups excluding carboxylic acids is 1. The second-order valence-electron chi connectivity index (χ2n) is 3.46. The van der Waals surface area contributed by atoms with Crippen molar-refractivity contribution in [2.75, 3.05) is 7.05 Å². The predicted molar refractivity (Wildman–Crippen MR) is 44.3 cm³/mol. The van der Waals surface area contributed by atoms with Gasteiger partial charge in [-0.2, -0.15) is 0 Å². The Morgan fingerprint density at radius 2 is 2.00 bits per heavy atom. The fourth-order valence-corrected chi connectivity index (χ4v) is 1.35. The first kappa shape index (κ1) is 8.53. The van der Waals surface area contributed by atoms with Gasteiger partial charge < -0.3 is 10.6 Å². The van der Waals surface area contributed by atoms with Gasteiger partial charge in [0.15, 0.2) is 0 Å². The molecule has 0 aromatic rings. The number of hydrogen-bond donors (Lipinski definition) is 2. The van der Waals surface area contributed by atoms with Crippen molar-refractivity contribution in [2.45, 2.75) is 38.3 Å². The van der Waals surface area contributed by atoms with E-state index in [0.717, 1.165) is 12.8 Å². The van der Waals surface area contributed by atoms with Gasteiger partial charge in [-0.25, -0.2) is 0 Å². The van der Waals surface area contributed by atoms with Gasteiger partial charge in [0.2, 0.25) is 5.91 Å². The van der Waals surface area contributed by atoms with Gasteiger partial charge in [-0.3, -0.25) is 4.79 Å². The molecule has 0 aliphatic heterocycles. The molecule has 1 rings (SSSR count). The largest absolute Gasteiger partial charge is 0.358 e. The maximum absolute atomic E-state index is 11.3. The molecule has 0 aromatic carbocycles. The van der Waals surface area contributed by atoms with Crippen LogP contribution in [0.5, 0.6) is 0 Å². The van der Waals surface area contributed by atoms with Crippen LogP contribution in [0.3, 0.4) is 0 Å². The molecule has 1 saturated carbocycles. The SMILES string of the molecule is CNC(=O)C1(NC(C)C)CC1. The van der Waals surface area contributed by atoms with Gasteiger partial charge in [-0.15, -0.1) is 0 Å². The Morgan fingerprint density at radius 1 is 1.45 bits per heavy atom. The molecule has 64 valence electrons. The Balaban J connectivity index is 2.47. The van der Waals surface area contributed by atoms with E-state index >= 15 is 0 Å². The number of hydrogen-bond acceptors (Lipinski definition) is 2. The summed E-state index contributed by atoms with van der Waals surface area (Å²) >= 11 is 0. The second-order valence-corrected chi connectivity index (χ2v) is 3.46. The fourth-order valence-electron chi connectivity index (χ4n) is 1.35. The van der Waals surface area contributed by atoms with E-state index in [1.165, 1.54) is 0 Å². The molecule has 0 heterocycles. The molecule has 0 unspecified atom stereocenters. The highest BCUT2D eigenvalue weighted by Crippen LogP contribution is 2.35. The summed E-state index contributed by atoms with van der Waals surface area (Å²) in [7, 11) is 1.68. The molecule has 11 heavy (non-hydrogen) atoms. The van der Waals surface area contributed by atoms with Crippen LogP contribution < -0.4 is 10.6 Å². The molecule has 1 aliphatic carbocycles. The summed E-state index contributed by atoms with van der Waals surface area (Å²) in [5, 5.41) is 5.94. The first-order valence-electron chi connectivity index (χ1n) is 4.10. The van der Waals surface area contributed by atoms with E-state index in [-0.39, 0.29) is 11.4 Å². The summed E-state index contributed by atoms with van der Waals surface area (Å²) in [5.41, 5.74) is -0.219. The van der Waals surface area contributed by atoms with Crippen molar-refractivity contribution < 1.29 is 4.79 Å². The molecule has 3 heteroatoms. The van der Waals surface area contributed by atoms with Crippen LogP contribution in [0.25, 0.3) is 0 Å². The minimum atomic E-state index is -0.219. The number of likely N-dealkylation sites (N-methyl/N-ethyl adjacent to an activating group) is 1. The van der Waals surface area contributed by atoms with E-state index in [4.69, 9.17) is 0 Å². The van der Waals surface area contributed by atoms with E-state index in [2.05, 4.69) is 24.5 Å². The average Bonchev–Trinajstić information content (AvgIpc) is 2.67. The van der Waals surface area contributed by atoms with Crippen LogP contribution >= 0.6 is 0 Å². The standard InChI is InChI=1S/C8H16N2O/c1-6(2)10-8(4-5-8)7(11)9-3/h6,10H,4-5H2,1-3H3,(H,9,11). The molecule has 0 atom stereocenters. The lowest BCUT2D eigenvalue weighted by Crippen LogP contribution is -2.48. The van der Waals surface area contributed by atoms with E-state index in [1.54, 1.807) is 7.05 Å². The van der Waals surface area contributed by atoms with Crippen molar-refractivity contribution in [1.29, 1.82) is 0 Å². The summed E-state index contributed by atoms with van der Waals surface area (Å²) < 4.78 is 0. The van der Waals surface area contributed by atoms with Crippen molar-refractivity contribution in [3.05, 3.63) is 0 Å². The highest BCUT2D eigenvalue weighted by atomic mass is 16.2. The van der Waals surface area contributed by atoms with Crippen LogP contribution in [0.2, 0.25) is 0 Å². The Morgan fingerprint density at radius 3 is 2.27 bits per heavy atom. The van der Waals surface area contributed by atoms with Crippen LogP contribution in [0, 0.1) is 0 Å². The normalized spacial score (nSPS) is 20.0. The third kappa shape index (κ3) is 1.71. The van der Waals surface area contributed by atoms with Gasteiger partial charge in [0.05, 0.1) is 5.54 Å². The fraction of sp³-hybridized carbons (Fsp3) is 0.875. The zero-order chi connectivity index (χ0) is 8.48. The monoisotopic (exact) mass is 156 g/mol. The topological polar surface area (TPSA) is 41.1 Å². The summed E-state index contributed by atoms with van der Waals surface area (Å²) in [6.45, 7) is 4.12. The van der Waals surface area contributed by atoms with Crippen molar-refractivity contribution in [1.82, 2.24) is 10.6 Å². The molecule has 1 amide bonds. The summed E-state index contributed by atoms with van der Waals surface area (Å²) in [6.07, 6.45) is 1.95. The molecule has 0 saturated heterocycles. The van der Waals surface area contributed by atoms with Crippen LogP contribution in [-0.2, 0) is 4.79 Å². The quantitative estimate of drug-likeness (QED) is 0.615. The van der Waals surface area contributed by atoms with Crippen LogP contribution in [-0.4, -0.2) is 24.5 Å². The molecule has 1 aliphatic rings. The lowest BCUT2D eigenvalue weighted by atomic mass is 10.2. The van der Waals surface area contributed by atoms with Crippen molar-refractivity contribution >= 4 is 5.91 Å². The smallest absolute Gasteiger partial charge is 0.240 e. The van der Waals surface area contributed by atoms with Crippen LogP contribution in [0.4, 0.5) is 0 Å². The third-order valence-corrected chi connectivity index (χ3v) is 1.98. The van der Waals surface area contributed by atoms with Gasteiger partial charge >= 0.3 is 0 Å². The van der Waals surface area contributed by atoms with Gasteiger partial charge in [-0.05, 0) is 26.7 Å². The van der Waals surface area contributed by atoms with E-state index in [9.17, 15) is 4.79 Å². The maximum Gasteiger partial charge on any atom is 0.240 e. The van der Waals surface area contributed by atoms with Crippen molar-refractivity contribution in [3.8, 4) is 0 Å². The van der Waals surface area contributed by atoms with E-state index in [1.807, 2.05) is 0 Å². The first-order valence-corrected chi connectivity index (χ1v) is 4.10. The van der Waals surface area contributed by atoms with E-state index in [0.29, 0.717) is 6.04 Å². The van der Waals surface area contributed by atoms with Gasteiger partial charge in [0.25, 0.3) is 0 Å². The zero-order valence-electron chi connectivity index (χ0n) is 7.40. The minimum Gasteiger partial charge on any atom is -0.358 e. The lowest BCUT2D eigenvalue weighted by molar-refractivity contribution is -0.123. The summed E-state index contributed by atoms with van der Waals surface area (Å²) in [5.74, 6) is 0.131. The predicted octanol–water partition coefficient (Wildman–Crippen LogP) is 0.263. The van der Waals surface area contributed by atoms with Crippen LogP contribution in [0.15, 0.2) is 0 Å². The van der Waals surface area contributed by atoms with Crippen molar-refractivity contribution in [2.24, 2.45) is 0 Å². The Bertz CT molecular complexity index is 161. The molecule has 0 radical (unpaired) electrons. The molecule has 0 bridgehead atoms. The molecular formula is C8H16N2O. The molecule has 2 N–H and O–H groups in total. The number of amides is 1. The first-order chi connectivity index (χ1) is 5.10. The highest BCUT2D eigenvalue weighted by Gasteiger charge is 2.49. The van der Waals surface area contributed by atoms with Gasteiger partial charge in [-0.1, -0.05) is 0 Å². The Kier molecular flexibility index (Phi) is 2.18. The lowest BCUT2D eigenvalue weighted by Gasteiger charge is -2.18. The second kappa shape index (κ2) is 2.81. The van der Waals surface area contributed by atoms with Crippen molar-refractivity contribution in [3.63, 3.8) is 0 Å². The number of carbonyl (C=O) groups is 1. The summed E-state index contributed by atoms with van der Waals surface area (Å²) in [6, 6.07) is 0.384. The molecule has 0 spiro atoms. The molecule has 3 nitrogen and oxygen atoms in total. The van der Waals surface area contributed by atoms with E-state index < -0.39 is 0 Å². The van der Waals surface area contributed by atoms with Crippen LogP contribution in [0.1, 0.15) is 26.7 Å². The Hall–Kier alpha value is -0.570. The molecule has 0 aromatic heterocycles. The third-order valence-electron chi connectivity index (χ3n) is 1.98. The summed E-state index contributed by atoms with van der Waals surface area (Å²) in [4.78, 5) is 11.3. The van der Waals surface area contributed by atoms with Gasteiger partial charge in [0.1, 0.15) is 0 Å². The average molecular weight is 156 g/mol. The number of nitrogens with one attached hydrogen (secondary N) is 2. The molecular weight excluding hydrogens is 140 g/mol. The Labute approximate surface area is 67.5 Å². The number of rotatable bonds is 3. The molecule has 1 fully saturated rings. The van der Waals surface area contributed by atoms with Gasteiger partial charge in [0, 0.05) is 13.1 Å². The highest BCUT2D eigenvalue weighted by molar-refractivity contribution is 5.89.